The second-order valence-electron chi connectivity index (χ2n) is 1.81. The maximum atomic E-state index is 10.5. The summed E-state index contributed by atoms with van der Waals surface area (Å²) in [6.45, 7) is -2.33. The highest BCUT2D eigenvalue weighted by atomic mass is 16.4. The molecule has 0 atom stereocenters. The summed E-state index contributed by atoms with van der Waals surface area (Å²) in [6.07, 6.45) is 2.38. The number of carbonyl (C=O) groups is 1. The van der Waals surface area contributed by atoms with Crippen molar-refractivity contribution in [3.63, 3.8) is 0 Å². The fourth-order valence-electron chi connectivity index (χ4n) is 0.602. The van der Waals surface area contributed by atoms with Crippen LogP contribution in [0.2, 0.25) is 0 Å². The van der Waals surface area contributed by atoms with Crippen molar-refractivity contribution < 1.29 is 18.6 Å². The van der Waals surface area contributed by atoms with Crippen LogP contribution in [0.25, 0.3) is 0 Å². The SMILES string of the molecule is [2H][13C]([2H])([2H])[n+]1cccc(C(=O)O)c1. The number of rotatable bonds is 1. The number of carboxylic acids is 1. The molecule has 0 spiro atoms. The van der Waals surface area contributed by atoms with E-state index in [4.69, 9.17) is 9.22 Å². The van der Waals surface area contributed by atoms with E-state index in [2.05, 4.69) is 0 Å². The molecule has 0 aliphatic heterocycles. The number of carboxylic acid groups (broad SMARTS) is 1. The van der Waals surface area contributed by atoms with Crippen LogP contribution in [-0.2, 0) is 6.98 Å². The average molecular weight is 142 g/mol. The molecule has 10 heavy (non-hydrogen) atoms. The highest BCUT2D eigenvalue weighted by molar-refractivity contribution is 5.86. The number of aromatic carboxylic acids is 1. The molecule has 0 saturated heterocycles. The van der Waals surface area contributed by atoms with Gasteiger partial charge in [-0.25, -0.2) is 9.36 Å². The number of hydrogen-bond acceptors (Lipinski definition) is 1. The molecule has 0 fully saturated rings. The minimum absolute atomic E-state index is 0.0429. The van der Waals surface area contributed by atoms with E-state index in [0.29, 0.717) is 0 Å². The van der Waals surface area contributed by atoms with Gasteiger partial charge in [0.05, 0.1) is 0 Å². The van der Waals surface area contributed by atoms with Crippen LogP contribution in [0.3, 0.4) is 0 Å². The predicted octanol–water partition coefficient (Wildman–Crippen LogP) is 0.209. The lowest BCUT2D eigenvalue weighted by molar-refractivity contribution is -0.671. The Morgan fingerprint density at radius 2 is 2.70 bits per heavy atom. The molecule has 1 rings (SSSR count). The van der Waals surface area contributed by atoms with E-state index in [1.807, 2.05) is 0 Å². The van der Waals surface area contributed by atoms with Crippen molar-refractivity contribution in [1.82, 2.24) is 0 Å². The minimum atomic E-state index is -2.33. The van der Waals surface area contributed by atoms with Crippen molar-refractivity contribution in [2.24, 2.45) is 6.98 Å². The largest absolute Gasteiger partial charge is 0.477 e. The van der Waals surface area contributed by atoms with Gasteiger partial charge in [0, 0.05) is 6.07 Å². The summed E-state index contributed by atoms with van der Waals surface area (Å²) in [6, 6.07) is 2.72. The van der Waals surface area contributed by atoms with Crippen LogP contribution in [-0.4, -0.2) is 11.1 Å². The van der Waals surface area contributed by atoms with Gasteiger partial charge < -0.3 is 5.11 Å². The molecule has 3 heteroatoms. The van der Waals surface area contributed by atoms with Crippen LogP contribution in [0.5, 0.6) is 0 Å². The van der Waals surface area contributed by atoms with Crippen LogP contribution < -0.4 is 4.57 Å². The summed E-state index contributed by atoms with van der Waals surface area (Å²) in [5.41, 5.74) is -0.0429. The van der Waals surface area contributed by atoms with Gasteiger partial charge in [-0.3, -0.25) is 0 Å². The molecule has 0 radical (unpaired) electrons. The van der Waals surface area contributed by atoms with E-state index in [1.165, 1.54) is 18.3 Å². The molecule has 1 aromatic rings. The van der Waals surface area contributed by atoms with Crippen molar-refractivity contribution in [2.45, 2.75) is 0 Å². The zero-order chi connectivity index (χ0) is 10.1. The number of nitrogens with zero attached hydrogens (tertiary/aromatic N) is 1. The molecule has 0 amide bonds. The highest BCUT2D eigenvalue weighted by Gasteiger charge is 2.04. The Balaban J connectivity index is 3.13. The van der Waals surface area contributed by atoms with Crippen molar-refractivity contribution in [1.29, 1.82) is 0 Å². The molecule has 1 heterocycles. The Morgan fingerprint density at radius 1 is 1.90 bits per heavy atom. The van der Waals surface area contributed by atoms with Crippen LogP contribution in [0.1, 0.15) is 14.5 Å². The first kappa shape index (κ1) is 3.71. The summed E-state index contributed by atoms with van der Waals surface area (Å²) in [7, 11) is 0. The summed E-state index contributed by atoms with van der Waals surface area (Å²) < 4.78 is 21.9. The van der Waals surface area contributed by atoms with Crippen LogP contribution >= 0.6 is 0 Å². The van der Waals surface area contributed by atoms with Gasteiger partial charge in [-0.05, 0) is 6.07 Å². The summed E-state index contributed by atoms with van der Waals surface area (Å²) in [5.74, 6) is -1.14. The molecule has 0 bridgehead atoms. The number of aromatic nitrogens is 1. The molecule has 0 saturated carbocycles. The molecule has 1 N–H and O–H groups in total. The van der Waals surface area contributed by atoms with Crippen molar-refractivity contribution in [3.05, 3.63) is 30.1 Å². The van der Waals surface area contributed by atoms with E-state index in [0.717, 1.165) is 10.8 Å². The molecular weight excluding hydrogens is 131 g/mol. The minimum Gasteiger partial charge on any atom is -0.477 e. The maximum absolute atomic E-state index is 10.5. The van der Waals surface area contributed by atoms with Crippen molar-refractivity contribution in [3.8, 4) is 0 Å². The van der Waals surface area contributed by atoms with Crippen LogP contribution in [0, 0.1) is 0 Å². The van der Waals surface area contributed by atoms with Gasteiger partial charge in [0.1, 0.15) is 16.7 Å². The monoisotopic (exact) mass is 142 g/mol. The zero-order valence-electron chi connectivity index (χ0n) is 8.11. The van der Waals surface area contributed by atoms with Gasteiger partial charge in [-0.15, -0.1) is 0 Å². The van der Waals surface area contributed by atoms with Crippen LogP contribution in [0.15, 0.2) is 24.5 Å². The fraction of sp³-hybridized carbons (Fsp3) is 0.143. The van der Waals surface area contributed by atoms with E-state index in [-0.39, 0.29) is 5.56 Å². The lowest BCUT2D eigenvalue weighted by Crippen LogP contribution is -2.27. The first-order valence-electron chi connectivity index (χ1n) is 4.16. The molecule has 0 aliphatic rings. The molecule has 0 aromatic carbocycles. The van der Waals surface area contributed by atoms with Crippen LogP contribution in [0.4, 0.5) is 0 Å². The topological polar surface area (TPSA) is 41.2 Å². The lowest BCUT2D eigenvalue weighted by atomic mass is 10.3. The summed E-state index contributed by atoms with van der Waals surface area (Å²) in [4.78, 5) is 10.5. The second-order valence-corrected chi connectivity index (χ2v) is 1.81. The van der Waals surface area contributed by atoms with Gasteiger partial charge in [-0.1, -0.05) is 0 Å². The Kier molecular flexibility index (Phi) is 0.917. The zero-order valence-corrected chi connectivity index (χ0v) is 5.11. The molecule has 1 aromatic heterocycles. The third-order valence-electron chi connectivity index (χ3n) is 1.05. The Labute approximate surface area is 62.8 Å². The standard InChI is InChI=1S/C7H7NO2/c1-8-4-2-3-6(5-8)7(9)10/h2-5H,1H3/p+1/i1+1D3. The van der Waals surface area contributed by atoms with Gasteiger partial charge in [0.2, 0.25) is 0 Å². The smallest absolute Gasteiger partial charge is 0.341 e. The fourth-order valence-corrected chi connectivity index (χ4v) is 0.602. The third-order valence-corrected chi connectivity index (χ3v) is 1.05. The Bertz CT molecular complexity index is 335. The van der Waals surface area contributed by atoms with Gasteiger partial charge in [0.15, 0.2) is 12.4 Å². The van der Waals surface area contributed by atoms with Crippen molar-refractivity contribution >= 4 is 5.97 Å². The summed E-state index contributed by atoms with van der Waals surface area (Å²) in [5, 5.41) is 8.58. The number of pyridine rings is 1. The van der Waals surface area contributed by atoms with Gasteiger partial charge >= 0.3 is 5.97 Å². The molecular formula is C7H8NO2+. The highest BCUT2D eigenvalue weighted by Crippen LogP contribution is 1.91. The first-order valence-corrected chi connectivity index (χ1v) is 2.66. The van der Waals surface area contributed by atoms with Crippen molar-refractivity contribution in [2.75, 3.05) is 0 Å². The molecule has 52 valence electrons. The predicted molar refractivity (Wildman–Crippen MR) is 34.6 cm³/mol. The quantitative estimate of drug-likeness (QED) is 0.450. The maximum Gasteiger partial charge on any atom is 0.341 e. The van der Waals surface area contributed by atoms with E-state index in [1.54, 1.807) is 0 Å². The average Bonchev–Trinajstić information content (AvgIpc) is 2.03. The molecule has 3 nitrogen and oxygen atoms in total. The Morgan fingerprint density at radius 3 is 3.30 bits per heavy atom. The summed E-state index contributed by atoms with van der Waals surface area (Å²) >= 11 is 0. The number of aryl methyl sites for hydroxylation is 1. The van der Waals surface area contributed by atoms with E-state index in [9.17, 15) is 4.79 Å². The lowest BCUT2D eigenvalue weighted by Gasteiger charge is -1.88. The molecule has 0 unspecified atom stereocenters. The third kappa shape index (κ3) is 1.31. The normalized spacial score (nSPS) is 15.0. The van der Waals surface area contributed by atoms with Gasteiger partial charge in [-0.2, -0.15) is 0 Å². The van der Waals surface area contributed by atoms with E-state index < -0.39 is 12.9 Å². The van der Waals surface area contributed by atoms with Gasteiger partial charge in [0.25, 0.3) is 0 Å². The second kappa shape index (κ2) is 2.47. The number of hydrogen-bond donors (Lipinski definition) is 1. The Hall–Kier alpha value is -1.38. The van der Waals surface area contributed by atoms with E-state index >= 15 is 0 Å². The molecule has 0 aliphatic carbocycles. The first-order chi connectivity index (χ1) is 5.91.